The molecule has 0 aliphatic carbocycles. The highest BCUT2D eigenvalue weighted by Crippen LogP contribution is 2.34. The van der Waals surface area contributed by atoms with E-state index in [0.717, 1.165) is 11.6 Å². The van der Waals surface area contributed by atoms with Crippen LogP contribution in [-0.2, 0) is 20.2 Å². The van der Waals surface area contributed by atoms with Gasteiger partial charge in [-0.2, -0.15) is 0 Å². The second-order valence-corrected chi connectivity index (χ2v) is 9.88. The second-order valence-electron chi connectivity index (χ2n) is 8.20. The summed E-state index contributed by atoms with van der Waals surface area (Å²) in [6.45, 7) is 1.30. The highest BCUT2D eigenvalue weighted by Gasteiger charge is 2.35. The lowest BCUT2D eigenvalue weighted by Gasteiger charge is -2.38. The topological polar surface area (TPSA) is 84.5 Å². The Morgan fingerprint density at radius 3 is 2.32 bits per heavy atom. The Kier molecular flexibility index (Phi) is 6.95. The highest BCUT2D eigenvalue weighted by atomic mass is 32.2. The summed E-state index contributed by atoms with van der Waals surface area (Å²) in [5.74, 6) is -1.41. The molecule has 0 atom stereocenters. The van der Waals surface area contributed by atoms with Crippen LogP contribution in [0.5, 0.6) is 0 Å². The van der Waals surface area contributed by atoms with Gasteiger partial charge in [0.1, 0.15) is 11.6 Å². The fourth-order valence-corrected chi connectivity index (χ4v) is 5.10. The van der Waals surface area contributed by atoms with Crippen molar-refractivity contribution >= 4 is 21.6 Å². The summed E-state index contributed by atoms with van der Waals surface area (Å²) < 4.78 is 60.5. The van der Waals surface area contributed by atoms with Crippen LogP contribution >= 0.6 is 0 Å². The predicted molar refractivity (Wildman–Crippen MR) is 124 cm³/mol. The van der Waals surface area contributed by atoms with Crippen molar-refractivity contribution in [2.45, 2.75) is 23.2 Å². The van der Waals surface area contributed by atoms with Crippen molar-refractivity contribution in [3.05, 3.63) is 95.6 Å². The predicted octanol–water partition coefficient (Wildman–Crippen LogP) is 4.24. The maximum atomic E-state index is 13.9. The fraction of sp³-hybridized carbons (Fsp3) is 0.240. The SMILES string of the molecule is O=C(NCC1(c2cccc(F)c2)CCOCC1)c1ccc(S(=O)(=O)Nc2ccccc2F)cc1. The second kappa shape index (κ2) is 9.90. The number of anilines is 1. The molecule has 0 radical (unpaired) electrons. The largest absolute Gasteiger partial charge is 0.381 e. The van der Waals surface area contributed by atoms with Crippen molar-refractivity contribution in [2.75, 3.05) is 24.5 Å². The average molecular weight is 487 g/mol. The number of ether oxygens (including phenoxy) is 1. The van der Waals surface area contributed by atoms with Gasteiger partial charge < -0.3 is 10.1 Å². The lowest BCUT2D eigenvalue weighted by Crippen LogP contribution is -2.44. The van der Waals surface area contributed by atoms with Gasteiger partial charge in [-0.1, -0.05) is 24.3 Å². The molecular formula is C25H24F2N2O4S. The van der Waals surface area contributed by atoms with Crippen molar-refractivity contribution in [1.29, 1.82) is 0 Å². The van der Waals surface area contributed by atoms with Crippen LogP contribution in [0.25, 0.3) is 0 Å². The summed E-state index contributed by atoms with van der Waals surface area (Å²) in [4.78, 5) is 12.7. The first-order valence-corrected chi connectivity index (χ1v) is 12.3. The number of amides is 1. The molecular weight excluding hydrogens is 462 g/mol. The van der Waals surface area contributed by atoms with Gasteiger partial charge in [-0.05, 0) is 66.9 Å². The van der Waals surface area contributed by atoms with Gasteiger partial charge in [0.2, 0.25) is 0 Å². The third-order valence-corrected chi connectivity index (χ3v) is 7.40. The van der Waals surface area contributed by atoms with Gasteiger partial charge in [-0.3, -0.25) is 9.52 Å². The molecule has 1 saturated heterocycles. The first-order valence-electron chi connectivity index (χ1n) is 10.8. The molecule has 0 aromatic heterocycles. The van der Waals surface area contributed by atoms with E-state index in [-0.39, 0.29) is 34.4 Å². The smallest absolute Gasteiger partial charge is 0.261 e. The third-order valence-electron chi connectivity index (χ3n) is 6.02. The van der Waals surface area contributed by atoms with Crippen molar-refractivity contribution in [3.8, 4) is 0 Å². The average Bonchev–Trinajstić information content (AvgIpc) is 2.84. The van der Waals surface area contributed by atoms with E-state index >= 15 is 0 Å². The van der Waals surface area contributed by atoms with E-state index in [2.05, 4.69) is 10.0 Å². The number of halogens is 2. The molecule has 0 saturated carbocycles. The standard InChI is InChI=1S/C25H24F2N2O4S/c26-20-5-3-4-19(16-20)25(12-14-33-15-13-25)17-28-24(30)18-8-10-21(11-9-18)34(31,32)29-23-7-2-1-6-22(23)27/h1-11,16,29H,12-15,17H2,(H,28,30). The number of sulfonamides is 1. The van der Waals surface area contributed by atoms with Crippen molar-refractivity contribution in [2.24, 2.45) is 0 Å². The van der Waals surface area contributed by atoms with Gasteiger partial charge in [0.25, 0.3) is 15.9 Å². The maximum absolute atomic E-state index is 13.9. The number of benzene rings is 3. The Labute approximate surface area is 197 Å². The van der Waals surface area contributed by atoms with E-state index in [1.54, 1.807) is 6.07 Å². The Hall–Kier alpha value is -3.30. The number of para-hydroxylation sites is 1. The van der Waals surface area contributed by atoms with Gasteiger partial charge in [-0.25, -0.2) is 17.2 Å². The van der Waals surface area contributed by atoms with Gasteiger partial charge >= 0.3 is 0 Å². The van der Waals surface area contributed by atoms with Crippen LogP contribution in [0.4, 0.5) is 14.5 Å². The van der Waals surface area contributed by atoms with Gasteiger partial charge in [0.15, 0.2) is 0 Å². The highest BCUT2D eigenvalue weighted by molar-refractivity contribution is 7.92. The van der Waals surface area contributed by atoms with E-state index in [4.69, 9.17) is 4.74 Å². The zero-order valence-corrected chi connectivity index (χ0v) is 19.1. The summed E-state index contributed by atoms with van der Waals surface area (Å²) >= 11 is 0. The van der Waals surface area contributed by atoms with Crippen LogP contribution < -0.4 is 10.0 Å². The third kappa shape index (κ3) is 5.26. The monoisotopic (exact) mass is 486 g/mol. The van der Waals surface area contributed by atoms with Crippen LogP contribution in [0, 0.1) is 11.6 Å². The maximum Gasteiger partial charge on any atom is 0.261 e. The van der Waals surface area contributed by atoms with Crippen LogP contribution in [0.3, 0.4) is 0 Å². The summed E-state index contributed by atoms with van der Waals surface area (Å²) in [6.07, 6.45) is 1.27. The molecule has 3 aromatic rings. The molecule has 2 N–H and O–H groups in total. The van der Waals surface area contributed by atoms with Crippen LogP contribution in [0.2, 0.25) is 0 Å². The summed E-state index contributed by atoms with van der Waals surface area (Å²) in [6, 6.07) is 17.2. The van der Waals surface area contributed by atoms with E-state index in [9.17, 15) is 22.0 Å². The minimum Gasteiger partial charge on any atom is -0.381 e. The Morgan fingerprint density at radius 1 is 0.941 bits per heavy atom. The summed E-state index contributed by atoms with van der Waals surface area (Å²) in [5, 5.41) is 2.90. The van der Waals surface area contributed by atoms with Crippen molar-refractivity contribution in [1.82, 2.24) is 5.32 Å². The van der Waals surface area contributed by atoms with E-state index in [1.165, 1.54) is 54.6 Å². The Balaban J connectivity index is 1.46. The number of carbonyl (C=O) groups is 1. The molecule has 0 bridgehead atoms. The van der Waals surface area contributed by atoms with Gasteiger partial charge in [-0.15, -0.1) is 0 Å². The normalized spacial score (nSPS) is 15.5. The Bertz CT molecular complexity index is 1270. The van der Waals surface area contributed by atoms with Crippen LogP contribution in [0.1, 0.15) is 28.8 Å². The quantitative estimate of drug-likeness (QED) is 0.523. The van der Waals surface area contributed by atoms with E-state index in [0.29, 0.717) is 26.1 Å². The molecule has 178 valence electrons. The van der Waals surface area contributed by atoms with Gasteiger partial charge in [0.05, 0.1) is 10.6 Å². The first kappa shape index (κ1) is 23.8. The fourth-order valence-electron chi connectivity index (χ4n) is 4.03. The molecule has 34 heavy (non-hydrogen) atoms. The summed E-state index contributed by atoms with van der Waals surface area (Å²) in [5.41, 5.74) is 0.453. The van der Waals surface area contributed by atoms with E-state index < -0.39 is 21.3 Å². The molecule has 0 unspecified atom stereocenters. The number of rotatable bonds is 7. The number of hydrogen-bond acceptors (Lipinski definition) is 4. The summed E-state index contributed by atoms with van der Waals surface area (Å²) in [7, 11) is -4.03. The molecule has 0 spiro atoms. The van der Waals surface area contributed by atoms with Gasteiger partial charge in [0, 0.05) is 30.7 Å². The molecule has 3 aromatic carbocycles. The number of carbonyl (C=O) groups excluding carboxylic acids is 1. The lowest BCUT2D eigenvalue weighted by molar-refractivity contribution is 0.0486. The van der Waals surface area contributed by atoms with Crippen molar-refractivity contribution < 1.29 is 26.7 Å². The first-order chi connectivity index (χ1) is 16.3. The Morgan fingerprint density at radius 2 is 1.65 bits per heavy atom. The lowest BCUT2D eigenvalue weighted by atomic mass is 9.74. The molecule has 1 heterocycles. The minimum atomic E-state index is -4.03. The number of nitrogens with one attached hydrogen (secondary N) is 2. The van der Waals surface area contributed by atoms with Crippen LogP contribution in [0.15, 0.2) is 77.7 Å². The van der Waals surface area contributed by atoms with Crippen LogP contribution in [-0.4, -0.2) is 34.1 Å². The molecule has 4 rings (SSSR count). The number of hydrogen-bond donors (Lipinski definition) is 2. The molecule has 6 nitrogen and oxygen atoms in total. The van der Waals surface area contributed by atoms with E-state index in [1.807, 2.05) is 6.07 Å². The zero-order valence-electron chi connectivity index (χ0n) is 18.3. The van der Waals surface area contributed by atoms with Crippen molar-refractivity contribution in [3.63, 3.8) is 0 Å². The minimum absolute atomic E-state index is 0.104. The zero-order chi connectivity index (χ0) is 24.2. The molecule has 1 fully saturated rings. The molecule has 1 aliphatic rings. The molecule has 1 amide bonds. The molecule has 1 aliphatic heterocycles. The molecule has 9 heteroatoms.